The van der Waals surface area contributed by atoms with Gasteiger partial charge < -0.3 is 19.1 Å². The monoisotopic (exact) mass is 485 g/mol. The van der Waals surface area contributed by atoms with Gasteiger partial charge in [0.25, 0.3) is 0 Å². The Kier molecular flexibility index (Phi) is 6.33. The summed E-state index contributed by atoms with van der Waals surface area (Å²) in [6.07, 6.45) is 0. The van der Waals surface area contributed by atoms with Crippen LogP contribution in [-0.2, 0) is 20.9 Å². The molecule has 0 aliphatic carbocycles. The zero-order valence-electron chi connectivity index (χ0n) is 20.1. The van der Waals surface area contributed by atoms with Crippen molar-refractivity contribution in [2.24, 2.45) is 5.92 Å². The number of phenolic OH excluding ortho intramolecular Hbond substituents is 1. The van der Waals surface area contributed by atoms with Gasteiger partial charge in [-0.15, -0.1) is 0 Å². The highest BCUT2D eigenvalue weighted by atomic mass is 16.5. The second-order valence-electron chi connectivity index (χ2n) is 8.52. The summed E-state index contributed by atoms with van der Waals surface area (Å²) in [6.45, 7) is 4.29. The lowest BCUT2D eigenvalue weighted by Crippen LogP contribution is -2.49. The van der Waals surface area contributed by atoms with Gasteiger partial charge in [0.1, 0.15) is 0 Å². The number of fused-ring (bicyclic) bond motifs is 3. The van der Waals surface area contributed by atoms with Crippen LogP contribution in [0.4, 0.5) is 5.95 Å². The number of phenols is 1. The number of anilines is 1. The highest BCUT2D eigenvalue weighted by molar-refractivity contribution is 6.08. The van der Waals surface area contributed by atoms with Crippen molar-refractivity contribution in [2.75, 3.05) is 18.1 Å². The topological polar surface area (TPSA) is 93.9 Å². The molecule has 1 amide bonds. The summed E-state index contributed by atoms with van der Waals surface area (Å²) in [6, 6.07) is 21.3. The van der Waals surface area contributed by atoms with Gasteiger partial charge in [0.15, 0.2) is 17.4 Å². The molecule has 0 saturated heterocycles. The summed E-state index contributed by atoms with van der Waals surface area (Å²) >= 11 is 0. The number of nitrogens with zero attached hydrogens (tertiary/aromatic N) is 3. The molecule has 5 rings (SSSR count). The van der Waals surface area contributed by atoms with Gasteiger partial charge in [0.2, 0.25) is 11.9 Å². The van der Waals surface area contributed by atoms with Crippen LogP contribution in [0.15, 0.2) is 72.8 Å². The van der Waals surface area contributed by atoms with Crippen LogP contribution in [0.25, 0.3) is 11.0 Å². The molecule has 8 nitrogen and oxygen atoms in total. The van der Waals surface area contributed by atoms with Crippen molar-refractivity contribution in [1.82, 2.24) is 9.55 Å². The number of amides is 1. The molecule has 0 radical (unpaired) electrons. The number of aromatic nitrogens is 2. The van der Waals surface area contributed by atoms with Crippen molar-refractivity contribution in [3.63, 3.8) is 0 Å². The molecule has 2 heterocycles. The standard InChI is InChI=1S/C28H27N3O5/c1-3-35-23-16-19(14-15-22(23)32)25-24(27(34)36-4-2)26(33)30(17-18-10-6-5-7-11-18)28-29-20-12-8-9-13-21(20)31(25)28/h5-16,24-25,32H,3-4,17H2,1-2H3/t24-,25-/m0/s1. The van der Waals surface area contributed by atoms with Gasteiger partial charge in [-0.3, -0.25) is 14.5 Å². The fourth-order valence-corrected chi connectivity index (χ4v) is 4.75. The minimum Gasteiger partial charge on any atom is -0.504 e. The summed E-state index contributed by atoms with van der Waals surface area (Å²) in [5, 5.41) is 10.3. The van der Waals surface area contributed by atoms with E-state index in [2.05, 4.69) is 0 Å². The van der Waals surface area contributed by atoms with E-state index in [-0.39, 0.29) is 24.7 Å². The van der Waals surface area contributed by atoms with Gasteiger partial charge in [-0.2, -0.15) is 0 Å². The Morgan fingerprint density at radius 2 is 1.75 bits per heavy atom. The molecule has 1 aliphatic rings. The lowest BCUT2D eigenvalue weighted by molar-refractivity contribution is -0.153. The van der Waals surface area contributed by atoms with E-state index < -0.39 is 23.8 Å². The molecule has 8 heteroatoms. The first-order valence-corrected chi connectivity index (χ1v) is 12.0. The van der Waals surface area contributed by atoms with E-state index >= 15 is 0 Å². The number of benzene rings is 3. The third-order valence-electron chi connectivity index (χ3n) is 6.29. The highest BCUT2D eigenvalue weighted by Crippen LogP contribution is 2.43. The highest BCUT2D eigenvalue weighted by Gasteiger charge is 2.48. The first kappa shape index (κ1) is 23.4. The average Bonchev–Trinajstić information content (AvgIpc) is 3.27. The lowest BCUT2D eigenvalue weighted by atomic mass is 9.89. The molecular weight excluding hydrogens is 458 g/mol. The van der Waals surface area contributed by atoms with E-state index in [1.807, 2.05) is 66.1 Å². The van der Waals surface area contributed by atoms with Crippen LogP contribution in [0.1, 0.15) is 31.0 Å². The smallest absolute Gasteiger partial charge is 0.321 e. The van der Waals surface area contributed by atoms with Crippen LogP contribution >= 0.6 is 0 Å². The van der Waals surface area contributed by atoms with E-state index in [0.29, 0.717) is 23.6 Å². The van der Waals surface area contributed by atoms with Crippen molar-refractivity contribution in [2.45, 2.75) is 26.4 Å². The zero-order chi connectivity index (χ0) is 25.2. The second-order valence-corrected chi connectivity index (χ2v) is 8.52. The Balaban J connectivity index is 1.75. The van der Waals surface area contributed by atoms with Gasteiger partial charge in [-0.05, 0) is 49.2 Å². The van der Waals surface area contributed by atoms with Gasteiger partial charge in [0, 0.05) is 0 Å². The number of hydrogen-bond donors (Lipinski definition) is 1. The van der Waals surface area contributed by atoms with E-state index in [0.717, 1.165) is 11.1 Å². The molecule has 3 aromatic carbocycles. The summed E-state index contributed by atoms with van der Waals surface area (Å²) in [7, 11) is 0. The molecular formula is C28H27N3O5. The van der Waals surface area contributed by atoms with Gasteiger partial charge in [-0.25, -0.2) is 4.98 Å². The van der Waals surface area contributed by atoms with Crippen LogP contribution in [0, 0.1) is 5.92 Å². The number of carbonyl (C=O) groups excluding carboxylic acids is 2. The third-order valence-corrected chi connectivity index (χ3v) is 6.29. The van der Waals surface area contributed by atoms with Crippen LogP contribution in [-0.4, -0.2) is 39.7 Å². The first-order valence-electron chi connectivity index (χ1n) is 12.0. The van der Waals surface area contributed by atoms with E-state index in [1.54, 1.807) is 24.0 Å². The number of rotatable bonds is 7. The van der Waals surface area contributed by atoms with Crippen LogP contribution in [0.5, 0.6) is 11.5 Å². The minimum atomic E-state index is -1.15. The summed E-state index contributed by atoms with van der Waals surface area (Å²) in [4.78, 5) is 33.8. The predicted molar refractivity (Wildman–Crippen MR) is 135 cm³/mol. The average molecular weight is 486 g/mol. The van der Waals surface area contributed by atoms with Crippen molar-refractivity contribution in [3.8, 4) is 11.5 Å². The van der Waals surface area contributed by atoms with Gasteiger partial charge >= 0.3 is 5.97 Å². The molecule has 0 spiro atoms. The number of imidazole rings is 1. The fraction of sp³-hybridized carbons (Fsp3) is 0.250. The van der Waals surface area contributed by atoms with E-state index in [9.17, 15) is 14.7 Å². The molecule has 1 N–H and O–H groups in total. The first-order chi connectivity index (χ1) is 17.5. The lowest BCUT2D eigenvalue weighted by Gasteiger charge is -2.38. The number of carbonyl (C=O) groups is 2. The molecule has 0 saturated carbocycles. The molecule has 184 valence electrons. The number of ether oxygens (including phenoxy) is 2. The van der Waals surface area contributed by atoms with E-state index in [4.69, 9.17) is 14.5 Å². The maximum Gasteiger partial charge on any atom is 0.321 e. The molecule has 0 bridgehead atoms. The quantitative estimate of drug-likeness (QED) is 0.307. The Bertz CT molecular complexity index is 1420. The Morgan fingerprint density at radius 3 is 2.50 bits per heavy atom. The molecule has 0 unspecified atom stereocenters. The molecule has 1 aliphatic heterocycles. The Morgan fingerprint density at radius 1 is 1.00 bits per heavy atom. The predicted octanol–water partition coefficient (Wildman–Crippen LogP) is 4.46. The summed E-state index contributed by atoms with van der Waals surface area (Å²) in [5.74, 6) is -1.45. The minimum absolute atomic E-state index is 0.0168. The molecule has 0 fully saturated rings. The van der Waals surface area contributed by atoms with Crippen molar-refractivity contribution >= 4 is 28.9 Å². The van der Waals surface area contributed by atoms with Crippen LogP contribution in [0.2, 0.25) is 0 Å². The van der Waals surface area contributed by atoms with Gasteiger partial charge in [0.05, 0.1) is 36.8 Å². The third kappa shape index (κ3) is 4.04. The Hall–Kier alpha value is -4.33. The molecule has 1 aromatic heterocycles. The van der Waals surface area contributed by atoms with Crippen molar-refractivity contribution in [1.29, 1.82) is 0 Å². The SMILES string of the molecule is CCOC(=O)[C@@H]1C(=O)N(Cc2ccccc2)c2nc3ccccc3n2[C@H]1c1ccc(O)c(OCC)c1. The molecule has 36 heavy (non-hydrogen) atoms. The zero-order valence-corrected chi connectivity index (χ0v) is 20.1. The number of esters is 1. The fourth-order valence-electron chi connectivity index (χ4n) is 4.75. The maximum absolute atomic E-state index is 14.0. The van der Waals surface area contributed by atoms with E-state index in [1.165, 1.54) is 6.07 Å². The largest absolute Gasteiger partial charge is 0.504 e. The summed E-state index contributed by atoms with van der Waals surface area (Å²) in [5.41, 5.74) is 3.03. The number of aromatic hydroxyl groups is 1. The maximum atomic E-state index is 14.0. The number of hydrogen-bond acceptors (Lipinski definition) is 6. The second kappa shape index (κ2) is 9.73. The Labute approximate surface area is 208 Å². The molecule has 2 atom stereocenters. The molecule has 4 aromatic rings. The van der Waals surface area contributed by atoms with Crippen molar-refractivity contribution < 1.29 is 24.2 Å². The van der Waals surface area contributed by atoms with Crippen molar-refractivity contribution in [3.05, 3.63) is 83.9 Å². The van der Waals surface area contributed by atoms with Gasteiger partial charge in [-0.1, -0.05) is 48.5 Å². The number of para-hydroxylation sites is 2. The summed E-state index contributed by atoms with van der Waals surface area (Å²) < 4.78 is 12.9. The van der Waals surface area contributed by atoms with Crippen LogP contribution < -0.4 is 9.64 Å². The van der Waals surface area contributed by atoms with Crippen LogP contribution in [0.3, 0.4) is 0 Å². The normalized spacial score (nSPS) is 17.2.